The maximum atomic E-state index is 13.4. The summed E-state index contributed by atoms with van der Waals surface area (Å²) in [5.41, 5.74) is 11.6. The van der Waals surface area contributed by atoms with Gasteiger partial charge in [-0.1, -0.05) is 50.7 Å². The van der Waals surface area contributed by atoms with Crippen LogP contribution in [-0.2, 0) is 4.79 Å². The highest BCUT2D eigenvalue weighted by molar-refractivity contribution is 6.06. The number of hydrogen-bond donors (Lipinski definition) is 1. The lowest BCUT2D eigenvalue weighted by Gasteiger charge is -2.27. The van der Waals surface area contributed by atoms with Crippen LogP contribution >= 0.6 is 0 Å². The van der Waals surface area contributed by atoms with Crippen LogP contribution in [0.3, 0.4) is 0 Å². The van der Waals surface area contributed by atoms with Gasteiger partial charge in [-0.15, -0.1) is 0 Å². The van der Waals surface area contributed by atoms with Gasteiger partial charge in [0.2, 0.25) is 0 Å². The van der Waals surface area contributed by atoms with Crippen LogP contribution in [0.1, 0.15) is 80.3 Å². The third-order valence-corrected chi connectivity index (χ3v) is 13.5. The molecule has 6 aromatic carbocycles. The summed E-state index contributed by atoms with van der Waals surface area (Å²) >= 11 is 0. The Labute approximate surface area is 433 Å². The highest BCUT2D eigenvalue weighted by atomic mass is 19.1. The molecule has 0 aromatic heterocycles. The Morgan fingerprint density at radius 1 is 0.595 bits per heavy atom. The summed E-state index contributed by atoms with van der Waals surface area (Å²) in [6.07, 6.45) is 5.04. The molecule has 9 nitrogen and oxygen atoms in total. The zero-order valence-electron chi connectivity index (χ0n) is 41.8. The van der Waals surface area contributed by atoms with Crippen LogP contribution in [0.25, 0.3) is 16.7 Å². The molecular weight excluding hydrogens is 942 g/mol. The van der Waals surface area contributed by atoms with Gasteiger partial charge in [-0.05, 0) is 188 Å². The van der Waals surface area contributed by atoms with Crippen LogP contribution in [0.15, 0.2) is 144 Å². The zero-order valence-corrected chi connectivity index (χ0v) is 41.8. The van der Waals surface area contributed by atoms with Crippen LogP contribution in [0.2, 0.25) is 0 Å². The van der Waals surface area contributed by atoms with Crippen LogP contribution < -0.4 is 33.7 Å². The van der Waals surface area contributed by atoms with Crippen LogP contribution in [0.5, 0.6) is 34.5 Å². The number of likely N-dealkylation sites (tertiary alicyclic amines) is 1. The number of ketones is 1. The number of nitrogens with zero attached hydrogens (tertiary/aromatic N) is 1. The molecule has 0 atom stereocenters. The van der Waals surface area contributed by atoms with Crippen molar-refractivity contribution < 1.29 is 46.4 Å². The van der Waals surface area contributed by atoms with Gasteiger partial charge in [0.15, 0.2) is 5.78 Å². The van der Waals surface area contributed by atoms with Crippen molar-refractivity contribution in [1.29, 1.82) is 0 Å². The Bertz CT molecular complexity index is 3010. The molecule has 0 spiro atoms. The molecule has 4 heterocycles. The molecule has 4 aliphatic heterocycles. The Morgan fingerprint density at radius 2 is 1.03 bits per heavy atom. The van der Waals surface area contributed by atoms with E-state index in [1.165, 1.54) is 80.2 Å². The largest absolute Gasteiger partial charge is 0.497 e. The number of halogens is 3. The summed E-state index contributed by atoms with van der Waals surface area (Å²) in [7, 11) is 3.25. The van der Waals surface area contributed by atoms with Crippen LogP contribution in [-0.4, -0.2) is 84.1 Å². The Balaban J connectivity index is 0.000000147. The Hall–Kier alpha value is -7.28. The van der Waals surface area contributed by atoms with Crippen molar-refractivity contribution in [1.82, 2.24) is 10.2 Å². The van der Waals surface area contributed by atoms with Crippen molar-refractivity contribution in [2.45, 2.75) is 47.0 Å². The summed E-state index contributed by atoms with van der Waals surface area (Å²) < 4.78 is 74.3. The number of nitrogens with one attached hydrogen (secondary N) is 1. The van der Waals surface area contributed by atoms with Crippen molar-refractivity contribution in [3.05, 3.63) is 195 Å². The second kappa shape index (κ2) is 24.6. The number of ether oxygens (including phenoxy) is 6. The van der Waals surface area contributed by atoms with E-state index in [-0.39, 0.29) is 37.3 Å². The highest BCUT2D eigenvalue weighted by Crippen LogP contribution is 2.43. The van der Waals surface area contributed by atoms with Gasteiger partial charge in [0, 0.05) is 40.9 Å². The second-order valence-electron chi connectivity index (χ2n) is 18.7. The smallest absolute Gasteiger partial charge is 0.159 e. The molecule has 386 valence electrons. The molecule has 11 rings (SSSR count). The highest BCUT2D eigenvalue weighted by Gasteiger charge is 2.28. The van der Waals surface area contributed by atoms with E-state index in [1.54, 1.807) is 32.4 Å². The average molecular weight is 1010 g/mol. The number of likely N-dealkylation sites (N-methyl/N-ethyl adjacent to an activating group) is 1. The first kappa shape index (κ1) is 53.0. The minimum atomic E-state index is -0.313. The fourth-order valence-electron chi connectivity index (χ4n) is 9.50. The fraction of sp³-hybridized carbons (Fsp3) is 0.306. The van der Waals surface area contributed by atoms with Gasteiger partial charge in [0.25, 0.3) is 0 Å². The molecule has 6 aromatic rings. The van der Waals surface area contributed by atoms with Gasteiger partial charge in [-0.2, -0.15) is 0 Å². The van der Waals surface area contributed by atoms with Gasteiger partial charge in [0.05, 0.1) is 20.8 Å². The van der Waals surface area contributed by atoms with E-state index in [0.717, 1.165) is 112 Å². The molecule has 0 amide bonds. The monoisotopic (exact) mass is 1010 g/mol. The lowest BCUT2D eigenvalue weighted by Crippen LogP contribution is -2.26. The fourth-order valence-corrected chi connectivity index (χ4v) is 9.50. The van der Waals surface area contributed by atoms with Gasteiger partial charge >= 0.3 is 0 Å². The number of Topliss-reactive ketones (excluding diaryl/α,β-unsaturated/α-hetero) is 1. The molecule has 0 bridgehead atoms. The average Bonchev–Trinajstić information content (AvgIpc) is 4.11. The molecule has 1 saturated carbocycles. The SMILES string of the molecule is C.CCNCC1=C(c2ccc(F)cc2)c2cc(OCC3CC3)ccc2OC1.COc1ccc2c(c1)C(c1ccc(F)cc1)=C(C(C)=O)CO2.COc1ccc2c(c1)C(c1ccc(F)cc1)=C(CN1CCCC1)CO2. The minimum absolute atomic E-state index is 0. The number of fused-ring (bicyclic) bond motifs is 3. The van der Waals surface area contributed by atoms with E-state index in [4.69, 9.17) is 28.4 Å². The zero-order chi connectivity index (χ0) is 50.8. The maximum absolute atomic E-state index is 13.4. The van der Waals surface area contributed by atoms with Gasteiger partial charge in [0.1, 0.15) is 71.8 Å². The Kier molecular flexibility index (Phi) is 17.6. The molecule has 5 aliphatic rings. The molecule has 1 N–H and O–H groups in total. The third-order valence-electron chi connectivity index (χ3n) is 13.5. The number of rotatable bonds is 14. The van der Waals surface area contributed by atoms with E-state index in [2.05, 4.69) is 23.2 Å². The standard InChI is InChI=1S/C22H24FNO2.C21H22FNO2.C18H15FO3.CH4/c1-2-24-12-17-14-26-21-10-9-19(25-13-15-3-4-15)11-20(21)22(17)16-5-7-18(23)8-6-16;1-24-18-8-9-20-19(12-18)21(15-4-6-17(22)7-5-15)16(14-25-20)13-23-10-2-3-11-23;1-11(20)16-10-22-17-8-7-14(21-2)9-15(17)18(16)12-3-5-13(19)6-4-12;/h5-11,15,24H,2-4,12-14H2,1H3;4-9,12H,2-3,10-11,13-14H2,1H3;3-9H,10H2,1-2H3;1H4. The number of benzene rings is 6. The number of carbonyl (C=O) groups is 1. The van der Waals surface area contributed by atoms with Crippen molar-refractivity contribution in [3.63, 3.8) is 0 Å². The lowest BCUT2D eigenvalue weighted by atomic mass is 9.89. The van der Waals surface area contributed by atoms with Crippen molar-refractivity contribution in [3.8, 4) is 34.5 Å². The number of carbonyl (C=O) groups excluding carboxylic acids is 1. The first-order chi connectivity index (χ1) is 35.6. The summed E-state index contributed by atoms with van der Waals surface area (Å²) in [6, 6.07) is 36.9. The third kappa shape index (κ3) is 12.7. The minimum Gasteiger partial charge on any atom is -0.497 e. The first-order valence-corrected chi connectivity index (χ1v) is 25.0. The van der Waals surface area contributed by atoms with E-state index < -0.39 is 0 Å². The summed E-state index contributed by atoms with van der Waals surface area (Å²) in [5, 5.41) is 3.38. The van der Waals surface area contributed by atoms with Gasteiger partial charge in [-0.3, -0.25) is 9.69 Å². The van der Waals surface area contributed by atoms with Crippen LogP contribution in [0.4, 0.5) is 13.2 Å². The molecule has 0 radical (unpaired) electrons. The summed E-state index contributed by atoms with van der Waals surface area (Å²) in [6.45, 7) is 10.5. The number of hydrogen-bond acceptors (Lipinski definition) is 9. The lowest BCUT2D eigenvalue weighted by molar-refractivity contribution is -0.113. The van der Waals surface area contributed by atoms with E-state index in [0.29, 0.717) is 36.2 Å². The predicted octanol–water partition coefficient (Wildman–Crippen LogP) is 12.8. The first-order valence-electron chi connectivity index (χ1n) is 25.0. The van der Waals surface area contributed by atoms with E-state index >= 15 is 0 Å². The molecule has 12 heteroatoms. The van der Waals surface area contributed by atoms with Crippen molar-refractivity contribution >= 4 is 22.5 Å². The van der Waals surface area contributed by atoms with Crippen LogP contribution in [0, 0.1) is 23.4 Å². The quantitative estimate of drug-likeness (QED) is 0.115. The number of methoxy groups -OCH3 is 2. The van der Waals surface area contributed by atoms with E-state index in [9.17, 15) is 18.0 Å². The second-order valence-corrected chi connectivity index (χ2v) is 18.7. The normalized spacial score (nSPS) is 15.6. The van der Waals surface area contributed by atoms with Gasteiger partial charge in [-0.25, -0.2) is 13.2 Å². The topological polar surface area (TPSA) is 87.7 Å². The van der Waals surface area contributed by atoms with Crippen molar-refractivity contribution in [2.24, 2.45) is 5.92 Å². The summed E-state index contributed by atoms with van der Waals surface area (Å²) in [5.74, 6) is 4.61. The molecule has 74 heavy (non-hydrogen) atoms. The van der Waals surface area contributed by atoms with Crippen molar-refractivity contribution in [2.75, 3.05) is 73.4 Å². The molecule has 2 fully saturated rings. The summed E-state index contributed by atoms with van der Waals surface area (Å²) in [4.78, 5) is 14.4. The molecule has 0 unspecified atom stereocenters. The molecular formula is C62H65F3N2O7. The Morgan fingerprint density at radius 3 is 1.50 bits per heavy atom. The maximum Gasteiger partial charge on any atom is 0.159 e. The van der Waals surface area contributed by atoms with Gasteiger partial charge < -0.3 is 33.7 Å². The molecule has 1 aliphatic carbocycles. The molecule has 1 saturated heterocycles. The predicted molar refractivity (Wildman–Crippen MR) is 286 cm³/mol. The van der Waals surface area contributed by atoms with E-state index in [1.807, 2.05) is 66.7 Å².